The Hall–Kier alpha value is -1.57. The Labute approximate surface area is 143 Å². The third kappa shape index (κ3) is 4.31. The summed E-state index contributed by atoms with van der Waals surface area (Å²) in [5, 5.41) is 8.59. The van der Waals surface area contributed by atoms with Gasteiger partial charge in [0.25, 0.3) is 0 Å². The van der Waals surface area contributed by atoms with Gasteiger partial charge in [-0.2, -0.15) is 43.9 Å². The van der Waals surface area contributed by atoms with Crippen molar-refractivity contribution >= 4 is 6.09 Å². The molecule has 0 bridgehead atoms. The molecular formula is C12H13F12NO2. The molecule has 0 spiro atoms. The highest BCUT2D eigenvalue weighted by Crippen LogP contribution is 2.58. The van der Waals surface area contributed by atoms with Gasteiger partial charge >= 0.3 is 42.1 Å². The van der Waals surface area contributed by atoms with Crippen LogP contribution in [0.25, 0.3) is 0 Å². The Bertz CT molecular complexity index is 523. The quantitative estimate of drug-likeness (QED) is 0.483. The molecule has 15 heteroatoms. The van der Waals surface area contributed by atoms with Crippen LogP contribution in [0.4, 0.5) is 57.5 Å². The fraction of sp³-hybridized carbons (Fsp3) is 0.917. The maximum Gasteiger partial charge on any atom is 0.407 e. The molecule has 0 fully saturated rings. The lowest BCUT2D eigenvalue weighted by Crippen LogP contribution is -2.70. The van der Waals surface area contributed by atoms with E-state index in [-0.39, 0.29) is 12.8 Å². The smallest absolute Gasteiger partial charge is 0.407 e. The van der Waals surface area contributed by atoms with Gasteiger partial charge in [-0.1, -0.05) is 13.3 Å². The first-order valence-electron chi connectivity index (χ1n) is 6.96. The number of hydrogen-bond donors (Lipinski definition) is 1. The Balaban J connectivity index is 6.00. The molecule has 3 nitrogen and oxygen atoms in total. The Morgan fingerprint density at radius 1 is 0.889 bits per heavy atom. The van der Waals surface area contributed by atoms with Gasteiger partial charge < -0.3 is 10.0 Å². The Morgan fingerprint density at radius 2 is 1.33 bits per heavy atom. The van der Waals surface area contributed by atoms with E-state index in [9.17, 15) is 57.5 Å². The zero-order valence-electron chi connectivity index (χ0n) is 13.2. The Morgan fingerprint density at radius 3 is 1.67 bits per heavy atom. The third-order valence-electron chi connectivity index (χ3n) is 3.38. The van der Waals surface area contributed by atoms with Crippen LogP contribution >= 0.6 is 0 Å². The molecular weight excluding hydrogens is 418 g/mol. The molecule has 0 aliphatic heterocycles. The van der Waals surface area contributed by atoms with Crippen LogP contribution in [0.5, 0.6) is 0 Å². The highest BCUT2D eigenvalue weighted by atomic mass is 19.4. The molecule has 0 saturated heterocycles. The number of amides is 1. The van der Waals surface area contributed by atoms with Gasteiger partial charge in [0.15, 0.2) is 0 Å². The van der Waals surface area contributed by atoms with E-state index in [0.29, 0.717) is 0 Å². The summed E-state index contributed by atoms with van der Waals surface area (Å²) in [4.78, 5) is 10.2. The van der Waals surface area contributed by atoms with Crippen LogP contribution in [0.1, 0.15) is 19.8 Å². The van der Waals surface area contributed by atoms with Crippen LogP contribution in [-0.4, -0.2) is 65.2 Å². The summed E-state index contributed by atoms with van der Waals surface area (Å²) in [5.41, 5.74) is 0. The first-order chi connectivity index (χ1) is 11.8. The number of carboxylic acid groups (broad SMARTS) is 1. The van der Waals surface area contributed by atoms with Gasteiger partial charge in [0.2, 0.25) is 0 Å². The standard InChI is InChI=1S/C12H13F12NO2/c1-2-3-4-25(7(26)27)5-8(15,16)10(19,20)12(23,24)11(21,22)9(17,18)6(13)14/h6H,2-5H2,1H3,(H,26,27). The van der Waals surface area contributed by atoms with Crippen LogP contribution in [0.3, 0.4) is 0 Å². The molecule has 0 aromatic heterocycles. The lowest BCUT2D eigenvalue weighted by molar-refractivity contribution is -0.412. The van der Waals surface area contributed by atoms with E-state index in [1.54, 1.807) is 0 Å². The molecule has 0 aromatic rings. The number of hydrogen-bond acceptors (Lipinski definition) is 1. The number of carbonyl (C=O) groups is 1. The average Bonchev–Trinajstić information content (AvgIpc) is 2.49. The van der Waals surface area contributed by atoms with Crippen molar-refractivity contribution in [1.82, 2.24) is 4.90 Å². The minimum atomic E-state index is -7.65. The van der Waals surface area contributed by atoms with E-state index in [0.717, 1.165) is 0 Å². The van der Waals surface area contributed by atoms with Crippen molar-refractivity contribution in [3.63, 3.8) is 0 Å². The van der Waals surface area contributed by atoms with Crippen LogP contribution in [0.15, 0.2) is 0 Å². The first kappa shape index (κ1) is 25.4. The third-order valence-corrected chi connectivity index (χ3v) is 3.38. The number of rotatable bonds is 10. The number of halogens is 12. The average molecular weight is 431 g/mol. The number of nitrogens with zero attached hydrogens (tertiary/aromatic N) is 1. The molecule has 162 valence electrons. The highest BCUT2D eigenvalue weighted by molar-refractivity contribution is 5.65. The molecule has 0 rings (SSSR count). The molecule has 0 aliphatic rings. The van der Waals surface area contributed by atoms with E-state index in [1.165, 1.54) is 6.92 Å². The normalized spacial score (nSPS) is 14.6. The summed E-state index contributed by atoms with van der Waals surface area (Å²) in [6.07, 6.45) is -7.99. The molecule has 1 N–H and O–H groups in total. The summed E-state index contributed by atoms with van der Waals surface area (Å²) in [5.74, 6) is -35.9. The largest absolute Gasteiger partial charge is 0.465 e. The van der Waals surface area contributed by atoms with Crippen molar-refractivity contribution in [2.45, 2.75) is 55.8 Å². The lowest BCUT2D eigenvalue weighted by atomic mass is 9.94. The minimum absolute atomic E-state index is 0.126. The zero-order valence-corrected chi connectivity index (χ0v) is 13.2. The maximum atomic E-state index is 13.6. The molecule has 0 saturated carbocycles. The van der Waals surface area contributed by atoms with Gasteiger partial charge in [-0.3, -0.25) is 0 Å². The SMILES string of the molecule is CCCCN(CC(F)(F)C(F)(F)C(F)(F)C(F)(F)C(F)(F)C(F)F)C(=O)O. The van der Waals surface area contributed by atoms with Gasteiger partial charge in [0.05, 0.1) is 6.54 Å². The summed E-state index contributed by atoms with van der Waals surface area (Å²) >= 11 is 0. The fourth-order valence-corrected chi connectivity index (χ4v) is 1.70. The van der Waals surface area contributed by atoms with Crippen LogP contribution in [-0.2, 0) is 0 Å². The second kappa shape index (κ2) is 7.81. The molecule has 0 atom stereocenters. The van der Waals surface area contributed by atoms with E-state index < -0.39 is 60.1 Å². The van der Waals surface area contributed by atoms with Gasteiger partial charge in [0, 0.05) is 6.54 Å². The molecule has 1 amide bonds. The molecule has 0 unspecified atom stereocenters. The van der Waals surface area contributed by atoms with E-state index >= 15 is 0 Å². The minimum Gasteiger partial charge on any atom is -0.465 e. The summed E-state index contributed by atoms with van der Waals surface area (Å²) in [7, 11) is 0. The van der Waals surface area contributed by atoms with Crippen molar-refractivity contribution in [3.05, 3.63) is 0 Å². The zero-order chi connectivity index (χ0) is 22.1. The maximum absolute atomic E-state index is 13.6. The van der Waals surface area contributed by atoms with Gasteiger partial charge in [0.1, 0.15) is 0 Å². The van der Waals surface area contributed by atoms with Gasteiger partial charge in [-0.05, 0) is 6.42 Å². The topological polar surface area (TPSA) is 40.5 Å². The van der Waals surface area contributed by atoms with Crippen molar-refractivity contribution in [2.24, 2.45) is 0 Å². The van der Waals surface area contributed by atoms with E-state index in [4.69, 9.17) is 5.11 Å². The molecule has 0 radical (unpaired) electrons. The van der Waals surface area contributed by atoms with Crippen molar-refractivity contribution in [2.75, 3.05) is 13.1 Å². The fourth-order valence-electron chi connectivity index (χ4n) is 1.70. The van der Waals surface area contributed by atoms with Crippen molar-refractivity contribution in [1.29, 1.82) is 0 Å². The van der Waals surface area contributed by atoms with Crippen LogP contribution in [0, 0.1) is 0 Å². The summed E-state index contributed by atoms with van der Waals surface area (Å²) in [6.45, 7) is -2.26. The highest BCUT2D eigenvalue weighted by Gasteiger charge is 2.87. The summed E-state index contributed by atoms with van der Waals surface area (Å²) in [6, 6.07) is 0. The van der Waals surface area contributed by atoms with Crippen molar-refractivity contribution < 1.29 is 62.6 Å². The van der Waals surface area contributed by atoms with E-state index in [2.05, 4.69) is 0 Å². The van der Waals surface area contributed by atoms with Gasteiger partial charge in [-0.25, -0.2) is 13.6 Å². The predicted octanol–water partition coefficient (Wildman–Crippen LogP) is 5.21. The van der Waals surface area contributed by atoms with Gasteiger partial charge in [-0.15, -0.1) is 0 Å². The number of unbranched alkanes of at least 4 members (excludes halogenated alkanes) is 1. The summed E-state index contributed by atoms with van der Waals surface area (Å²) < 4.78 is 156. The second-order valence-corrected chi connectivity index (χ2v) is 5.41. The second-order valence-electron chi connectivity index (χ2n) is 5.41. The van der Waals surface area contributed by atoms with Crippen LogP contribution < -0.4 is 0 Å². The number of alkyl halides is 12. The Kier molecular flexibility index (Phi) is 7.36. The molecule has 0 aliphatic carbocycles. The van der Waals surface area contributed by atoms with Crippen molar-refractivity contribution in [3.8, 4) is 0 Å². The van der Waals surface area contributed by atoms with E-state index in [1.807, 2.05) is 0 Å². The first-order valence-corrected chi connectivity index (χ1v) is 6.96. The molecule has 0 aromatic carbocycles. The molecule has 0 heterocycles. The molecule has 27 heavy (non-hydrogen) atoms. The lowest BCUT2D eigenvalue weighted by Gasteiger charge is -2.40. The monoisotopic (exact) mass is 431 g/mol. The van der Waals surface area contributed by atoms with Crippen LogP contribution in [0.2, 0.25) is 0 Å². The predicted molar refractivity (Wildman–Crippen MR) is 65.2 cm³/mol.